The molecule has 0 aromatic heterocycles. The van der Waals surface area contributed by atoms with Gasteiger partial charge in [-0.15, -0.1) is 0 Å². The molecule has 0 unspecified atom stereocenters. The lowest BCUT2D eigenvalue weighted by atomic mass is 10.0. The molecule has 0 saturated carbocycles. The Morgan fingerprint density at radius 2 is 1.81 bits per heavy atom. The van der Waals surface area contributed by atoms with Crippen molar-refractivity contribution >= 4 is 5.91 Å². The Morgan fingerprint density at radius 3 is 2.52 bits per heavy atom. The van der Waals surface area contributed by atoms with Gasteiger partial charge >= 0.3 is 0 Å². The minimum absolute atomic E-state index is 0.349. The van der Waals surface area contributed by atoms with E-state index in [2.05, 4.69) is 29.0 Å². The molecule has 1 aromatic carbocycles. The molecule has 2 fully saturated rings. The van der Waals surface area contributed by atoms with E-state index in [0.717, 1.165) is 13.0 Å². The fraction of sp³-hybridized carbons (Fsp3) is 0.611. The summed E-state index contributed by atoms with van der Waals surface area (Å²) in [5.74, 6) is 0.349. The number of aryl methyl sites for hydroxylation is 1. The Balaban J connectivity index is 1.58. The predicted octanol–water partition coefficient (Wildman–Crippen LogP) is 2.70. The van der Waals surface area contributed by atoms with Crippen molar-refractivity contribution < 1.29 is 4.79 Å². The van der Waals surface area contributed by atoms with Crippen LogP contribution in [0.4, 0.5) is 0 Å². The molecule has 0 bridgehead atoms. The van der Waals surface area contributed by atoms with Gasteiger partial charge in [0.1, 0.15) is 0 Å². The monoisotopic (exact) mass is 286 g/mol. The highest BCUT2D eigenvalue weighted by Gasteiger charge is 2.37. The maximum absolute atomic E-state index is 12.6. The molecular weight excluding hydrogens is 260 g/mol. The van der Waals surface area contributed by atoms with Gasteiger partial charge in [0.05, 0.1) is 0 Å². The molecule has 1 aromatic rings. The van der Waals surface area contributed by atoms with Crippen molar-refractivity contribution in [2.75, 3.05) is 20.1 Å². The fourth-order valence-electron chi connectivity index (χ4n) is 3.96. The summed E-state index contributed by atoms with van der Waals surface area (Å²) in [6.45, 7) is 2.15. The van der Waals surface area contributed by atoms with Crippen LogP contribution in [0.15, 0.2) is 30.3 Å². The summed E-state index contributed by atoms with van der Waals surface area (Å²) in [6.07, 6.45) is 6.41. The van der Waals surface area contributed by atoms with Gasteiger partial charge in [-0.25, -0.2) is 0 Å². The van der Waals surface area contributed by atoms with Gasteiger partial charge in [-0.1, -0.05) is 30.3 Å². The second kappa shape index (κ2) is 6.61. The zero-order valence-electron chi connectivity index (χ0n) is 13.0. The third kappa shape index (κ3) is 3.29. The molecule has 2 aliphatic heterocycles. The number of amides is 1. The third-order valence-corrected chi connectivity index (χ3v) is 5.11. The molecule has 0 radical (unpaired) electrons. The summed E-state index contributed by atoms with van der Waals surface area (Å²) in [5, 5.41) is 0. The molecule has 3 rings (SSSR count). The van der Waals surface area contributed by atoms with Crippen LogP contribution in [0.2, 0.25) is 0 Å². The van der Waals surface area contributed by atoms with Crippen molar-refractivity contribution in [1.29, 1.82) is 0 Å². The van der Waals surface area contributed by atoms with Crippen molar-refractivity contribution in [2.24, 2.45) is 0 Å². The number of carbonyl (C=O) groups excluding carboxylic acids is 1. The first-order valence-corrected chi connectivity index (χ1v) is 8.29. The minimum Gasteiger partial charge on any atom is -0.338 e. The predicted molar refractivity (Wildman–Crippen MR) is 85.2 cm³/mol. The summed E-state index contributed by atoms with van der Waals surface area (Å²) >= 11 is 0. The summed E-state index contributed by atoms with van der Waals surface area (Å²) in [6, 6.07) is 11.4. The van der Waals surface area contributed by atoms with Crippen molar-refractivity contribution in [3.63, 3.8) is 0 Å². The largest absolute Gasteiger partial charge is 0.338 e. The van der Waals surface area contributed by atoms with Gasteiger partial charge < -0.3 is 9.80 Å². The molecular formula is C18H26N2O. The average Bonchev–Trinajstić information content (AvgIpc) is 3.14. The fourth-order valence-corrected chi connectivity index (χ4v) is 3.96. The molecule has 0 aliphatic carbocycles. The number of carbonyl (C=O) groups is 1. The van der Waals surface area contributed by atoms with Crippen LogP contribution in [0, 0.1) is 0 Å². The standard InChI is InChI=1S/C18H26N2O/c1-19-13-5-9-16(19)17-10-6-14-20(17)18(21)12-11-15-7-3-2-4-8-15/h2-4,7-8,16-17H,5-6,9-14H2,1H3/t16-,17+/m0/s1. The molecule has 1 amide bonds. The van der Waals surface area contributed by atoms with Gasteiger partial charge in [0.2, 0.25) is 5.91 Å². The minimum atomic E-state index is 0.349. The maximum Gasteiger partial charge on any atom is 0.223 e. The Morgan fingerprint density at radius 1 is 1.10 bits per heavy atom. The lowest BCUT2D eigenvalue weighted by molar-refractivity contribution is -0.132. The van der Waals surface area contributed by atoms with E-state index in [1.807, 2.05) is 18.2 Å². The summed E-state index contributed by atoms with van der Waals surface area (Å²) in [4.78, 5) is 17.2. The van der Waals surface area contributed by atoms with Crippen molar-refractivity contribution in [1.82, 2.24) is 9.80 Å². The first kappa shape index (κ1) is 14.6. The zero-order chi connectivity index (χ0) is 14.7. The lowest BCUT2D eigenvalue weighted by Crippen LogP contribution is -2.47. The molecule has 2 atom stereocenters. The number of benzene rings is 1. The molecule has 3 heteroatoms. The van der Waals surface area contributed by atoms with Crippen LogP contribution >= 0.6 is 0 Å². The highest BCUT2D eigenvalue weighted by atomic mass is 16.2. The van der Waals surface area contributed by atoms with Gasteiger partial charge in [0.25, 0.3) is 0 Å². The Labute approximate surface area is 127 Å². The second-order valence-corrected chi connectivity index (χ2v) is 6.47. The summed E-state index contributed by atoms with van der Waals surface area (Å²) in [7, 11) is 2.21. The normalized spacial score (nSPS) is 26.4. The Kier molecular flexibility index (Phi) is 4.59. The molecule has 2 saturated heterocycles. The second-order valence-electron chi connectivity index (χ2n) is 6.47. The van der Waals surface area contributed by atoms with Crippen LogP contribution in [0.5, 0.6) is 0 Å². The summed E-state index contributed by atoms with van der Waals surface area (Å²) in [5.41, 5.74) is 1.26. The lowest BCUT2D eigenvalue weighted by Gasteiger charge is -2.33. The van der Waals surface area contributed by atoms with Crippen molar-refractivity contribution in [3.05, 3.63) is 35.9 Å². The van der Waals surface area contributed by atoms with Crippen LogP contribution in [-0.2, 0) is 11.2 Å². The van der Waals surface area contributed by atoms with Gasteiger partial charge in [0, 0.05) is 25.0 Å². The van der Waals surface area contributed by atoms with Crippen LogP contribution in [0.1, 0.15) is 37.7 Å². The zero-order valence-corrected chi connectivity index (χ0v) is 13.0. The molecule has 2 heterocycles. The van der Waals surface area contributed by atoms with E-state index < -0.39 is 0 Å². The first-order valence-electron chi connectivity index (χ1n) is 8.29. The Bertz CT molecular complexity index is 473. The van der Waals surface area contributed by atoms with E-state index in [1.165, 1.54) is 37.8 Å². The smallest absolute Gasteiger partial charge is 0.223 e. The van der Waals surface area contributed by atoms with E-state index in [4.69, 9.17) is 0 Å². The van der Waals surface area contributed by atoms with Crippen molar-refractivity contribution in [3.8, 4) is 0 Å². The average molecular weight is 286 g/mol. The number of hydrogen-bond acceptors (Lipinski definition) is 2. The maximum atomic E-state index is 12.6. The molecule has 21 heavy (non-hydrogen) atoms. The van der Waals surface area contributed by atoms with Gasteiger partial charge in [-0.3, -0.25) is 4.79 Å². The molecule has 3 nitrogen and oxygen atoms in total. The van der Waals surface area contributed by atoms with Crippen molar-refractivity contribution in [2.45, 2.75) is 50.6 Å². The molecule has 114 valence electrons. The van der Waals surface area contributed by atoms with E-state index in [-0.39, 0.29) is 0 Å². The summed E-state index contributed by atoms with van der Waals surface area (Å²) < 4.78 is 0. The molecule has 2 aliphatic rings. The van der Waals surface area contributed by atoms with Gasteiger partial charge in [0.15, 0.2) is 0 Å². The number of likely N-dealkylation sites (N-methyl/N-ethyl adjacent to an activating group) is 1. The third-order valence-electron chi connectivity index (χ3n) is 5.11. The number of likely N-dealkylation sites (tertiary alicyclic amines) is 2. The van der Waals surface area contributed by atoms with Crippen LogP contribution < -0.4 is 0 Å². The van der Waals surface area contributed by atoms with Crippen LogP contribution in [-0.4, -0.2) is 47.9 Å². The first-order chi connectivity index (χ1) is 10.3. The van der Waals surface area contributed by atoms with Gasteiger partial charge in [-0.2, -0.15) is 0 Å². The number of nitrogens with zero attached hydrogens (tertiary/aromatic N) is 2. The van der Waals surface area contributed by atoms with E-state index in [1.54, 1.807) is 0 Å². The highest BCUT2D eigenvalue weighted by Crippen LogP contribution is 2.29. The highest BCUT2D eigenvalue weighted by molar-refractivity contribution is 5.77. The van der Waals surface area contributed by atoms with E-state index in [0.29, 0.717) is 24.4 Å². The van der Waals surface area contributed by atoms with Crippen LogP contribution in [0.3, 0.4) is 0 Å². The van der Waals surface area contributed by atoms with E-state index >= 15 is 0 Å². The van der Waals surface area contributed by atoms with E-state index in [9.17, 15) is 4.79 Å². The molecule has 0 N–H and O–H groups in total. The molecule has 0 spiro atoms. The quantitative estimate of drug-likeness (QED) is 0.849. The SMILES string of the molecule is CN1CCC[C@H]1[C@H]1CCCN1C(=O)CCc1ccccc1. The number of hydrogen-bond donors (Lipinski definition) is 0. The number of rotatable bonds is 4. The van der Waals surface area contributed by atoms with Gasteiger partial charge in [-0.05, 0) is 51.3 Å². The Hall–Kier alpha value is -1.35. The topological polar surface area (TPSA) is 23.6 Å². The van der Waals surface area contributed by atoms with Crippen LogP contribution in [0.25, 0.3) is 0 Å².